The van der Waals surface area contributed by atoms with Crippen LogP contribution in [0.25, 0.3) is 83.6 Å². The van der Waals surface area contributed by atoms with Crippen molar-refractivity contribution in [1.29, 1.82) is 5.26 Å². The smallest absolute Gasteiger partial charge is 0.346 e. The molecule has 9 rings (SSSR count). The first kappa shape index (κ1) is 40.8. The summed E-state index contributed by atoms with van der Waals surface area (Å²) in [5.74, 6) is -0.673. The van der Waals surface area contributed by atoms with Crippen molar-refractivity contribution in [1.82, 2.24) is 4.57 Å². The summed E-state index contributed by atoms with van der Waals surface area (Å²) in [6, 6.07) is 29.4. The number of hydrogen-bond acceptors (Lipinski definition) is 7. The molecule has 60 heavy (non-hydrogen) atoms. The molecule has 0 bridgehead atoms. The van der Waals surface area contributed by atoms with Gasteiger partial charge in [0.05, 0.1) is 20.3 Å². The van der Waals surface area contributed by atoms with Crippen molar-refractivity contribution in [2.45, 2.75) is 91.4 Å². The third kappa shape index (κ3) is 8.01. The number of carboxylic acid groups (broad SMARTS) is 1. The van der Waals surface area contributed by atoms with Crippen molar-refractivity contribution >= 4 is 111 Å². The second-order valence-electron chi connectivity index (χ2n) is 16.1. The first-order valence-corrected chi connectivity index (χ1v) is 25.4. The molecular formula is C51H48N2O2S5. The molecule has 1 unspecified atom stereocenters. The molecule has 8 aromatic rings. The number of aromatic nitrogens is 1. The summed E-state index contributed by atoms with van der Waals surface area (Å²) in [4.78, 5) is 19.1. The van der Waals surface area contributed by atoms with Gasteiger partial charge >= 0.3 is 5.97 Å². The highest BCUT2D eigenvalue weighted by Gasteiger charge is 2.22. The Morgan fingerprint density at radius 3 is 2.18 bits per heavy atom. The molecule has 6 aromatic heterocycles. The SMILES string of the molecule is CCCCCCc1cc(-c2sc(-c3cc4sc5cc(/C=C(/C#N)C(=O)O)sc5c4s3)cc2CCCCCC)sc1-c1ccc(-n2c3c(c4ccccc42)=CCC(C)C=3)cc1. The van der Waals surface area contributed by atoms with Crippen molar-refractivity contribution in [2.75, 3.05) is 0 Å². The number of benzene rings is 2. The highest BCUT2D eigenvalue weighted by Crippen LogP contribution is 2.50. The Bertz CT molecular complexity index is 3060. The Hall–Kier alpha value is -4.56. The van der Waals surface area contributed by atoms with Crippen LogP contribution in [0.3, 0.4) is 0 Å². The number of rotatable bonds is 16. The zero-order valence-corrected chi connectivity index (χ0v) is 38.4. The summed E-state index contributed by atoms with van der Waals surface area (Å²) in [6.07, 6.45) is 19.5. The quantitative estimate of drug-likeness (QED) is 0.0597. The molecule has 1 aliphatic rings. The van der Waals surface area contributed by atoms with E-state index in [2.05, 4.69) is 104 Å². The van der Waals surface area contributed by atoms with E-state index < -0.39 is 5.97 Å². The Morgan fingerprint density at radius 1 is 0.783 bits per heavy atom. The van der Waals surface area contributed by atoms with Gasteiger partial charge in [-0.15, -0.1) is 56.7 Å². The monoisotopic (exact) mass is 880 g/mol. The minimum Gasteiger partial charge on any atom is -0.477 e. The van der Waals surface area contributed by atoms with E-state index >= 15 is 0 Å². The van der Waals surface area contributed by atoms with E-state index in [9.17, 15) is 15.2 Å². The summed E-state index contributed by atoms with van der Waals surface area (Å²) < 4.78 is 7.29. The molecule has 304 valence electrons. The van der Waals surface area contributed by atoms with Crippen molar-refractivity contribution in [3.63, 3.8) is 0 Å². The van der Waals surface area contributed by atoms with Gasteiger partial charge < -0.3 is 9.67 Å². The molecule has 6 heterocycles. The van der Waals surface area contributed by atoms with E-state index in [0.29, 0.717) is 5.92 Å². The number of unbranched alkanes of at least 4 members (excludes halogenated alkanes) is 6. The van der Waals surface area contributed by atoms with Gasteiger partial charge in [0.2, 0.25) is 0 Å². The number of nitriles is 1. The van der Waals surface area contributed by atoms with Crippen LogP contribution in [0.15, 0.2) is 78.4 Å². The number of aliphatic carboxylic acids is 1. The number of hydrogen-bond donors (Lipinski definition) is 1. The van der Waals surface area contributed by atoms with Crippen LogP contribution in [0.2, 0.25) is 0 Å². The Labute approximate surface area is 371 Å². The van der Waals surface area contributed by atoms with E-state index in [1.165, 1.54) is 140 Å². The van der Waals surface area contributed by atoms with Crippen LogP contribution in [-0.2, 0) is 17.6 Å². The van der Waals surface area contributed by atoms with Crippen LogP contribution < -0.4 is 10.6 Å². The lowest BCUT2D eigenvalue weighted by Crippen LogP contribution is -2.31. The Morgan fingerprint density at radius 2 is 1.45 bits per heavy atom. The highest BCUT2D eigenvalue weighted by atomic mass is 32.1. The average molecular weight is 881 g/mol. The van der Waals surface area contributed by atoms with E-state index in [-0.39, 0.29) is 5.57 Å². The van der Waals surface area contributed by atoms with Gasteiger partial charge in [-0.3, -0.25) is 0 Å². The largest absolute Gasteiger partial charge is 0.477 e. The van der Waals surface area contributed by atoms with Crippen molar-refractivity contribution < 1.29 is 9.90 Å². The number of carboxylic acids is 1. The van der Waals surface area contributed by atoms with Crippen LogP contribution in [0.1, 0.15) is 94.6 Å². The van der Waals surface area contributed by atoms with Crippen LogP contribution >= 0.6 is 56.7 Å². The Balaban J connectivity index is 1.09. The fourth-order valence-electron chi connectivity index (χ4n) is 8.57. The molecule has 2 aromatic carbocycles. The maximum atomic E-state index is 11.5. The van der Waals surface area contributed by atoms with Gasteiger partial charge in [-0.1, -0.05) is 102 Å². The predicted octanol–water partition coefficient (Wildman–Crippen LogP) is 15.1. The number of thiophene rings is 5. The van der Waals surface area contributed by atoms with Crippen LogP contribution in [-0.4, -0.2) is 15.6 Å². The third-order valence-electron chi connectivity index (χ3n) is 11.6. The third-order valence-corrected chi connectivity index (χ3v) is 18.1. The maximum Gasteiger partial charge on any atom is 0.346 e. The number of para-hydroxylation sites is 1. The standard InChI is InChI=1S/C51H48N2O2S5/c1-4-6-8-10-14-33-27-44(60-47(33)32-19-21-36(22-20-32)53-40-17-13-12-16-38(40)39-23-18-31(3)24-41(39)53)48-34(15-11-9-7-5-2)26-42(58-48)43-29-46-50(59-43)49-45(57-46)28-37(56-49)25-35(30-52)51(54)55/h12-13,16-17,19-29,31H,4-11,14-15,18H2,1-3H3,(H,54,55)/b35-25-. The normalized spacial score (nSPS) is 14.2. The lowest BCUT2D eigenvalue weighted by molar-refractivity contribution is -0.132. The Kier molecular flexibility index (Phi) is 12.1. The molecule has 0 aliphatic heterocycles. The molecule has 4 nitrogen and oxygen atoms in total. The van der Waals surface area contributed by atoms with Crippen LogP contribution in [0.5, 0.6) is 0 Å². The van der Waals surface area contributed by atoms with E-state index in [4.69, 9.17) is 0 Å². The van der Waals surface area contributed by atoms with Crippen LogP contribution in [0.4, 0.5) is 0 Å². The summed E-state index contributed by atoms with van der Waals surface area (Å²) in [6.45, 7) is 6.88. The topological polar surface area (TPSA) is 66.0 Å². The van der Waals surface area contributed by atoms with Gasteiger partial charge in [0.25, 0.3) is 0 Å². The minimum atomic E-state index is -1.19. The molecule has 0 saturated carbocycles. The van der Waals surface area contributed by atoms with Crippen molar-refractivity contribution in [2.24, 2.45) is 5.92 Å². The summed E-state index contributed by atoms with van der Waals surface area (Å²) in [5, 5.41) is 22.7. The molecule has 0 amide bonds. The average Bonchev–Trinajstić information content (AvgIpc) is 4.11. The number of nitrogens with zero attached hydrogens (tertiary/aromatic N) is 2. The summed E-state index contributed by atoms with van der Waals surface area (Å²) in [7, 11) is 0. The molecule has 0 radical (unpaired) electrons. The van der Waals surface area contributed by atoms with Gasteiger partial charge in [0, 0.05) is 55.0 Å². The number of fused-ring (bicyclic) bond motifs is 6. The van der Waals surface area contributed by atoms with Gasteiger partial charge in [-0.2, -0.15) is 5.26 Å². The van der Waals surface area contributed by atoms with Crippen molar-refractivity contribution in [3.8, 4) is 41.7 Å². The lowest BCUT2D eigenvalue weighted by atomic mass is 10.0. The lowest BCUT2D eigenvalue weighted by Gasteiger charge is -2.11. The molecule has 0 spiro atoms. The first-order valence-electron chi connectivity index (χ1n) is 21.3. The number of carbonyl (C=O) groups is 1. The zero-order chi connectivity index (χ0) is 41.3. The van der Waals surface area contributed by atoms with Gasteiger partial charge in [0.15, 0.2) is 0 Å². The van der Waals surface area contributed by atoms with Gasteiger partial charge in [-0.25, -0.2) is 4.79 Å². The molecule has 1 N–H and O–H groups in total. The first-order chi connectivity index (χ1) is 29.3. The minimum absolute atomic E-state index is 0.237. The molecule has 9 heteroatoms. The summed E-state index contributed by atoms with van der Waals surface area (Å²) >= 11 is 9.08. The molecule has 1 atom stereocenters. The second-order valence-corrected chi connectivity index (χ2v) is 21.4. The molecule has 0 saturated heterocycles. The number of aryl methyl sites for hydroxylation is 2. The second kappa shape index (κ2) is 17.8. The van der Waals surface area contributed by atoms with Crippen molar-refractivity contribution in [3.05, 3.63) is 105 Å². The molecule has 0 fully saturated rings. The van der Waals surface area contributed by atoms with E-state index in [1.807, 2.05) is 46.1 Å². The highest BCUT2D eigenvalue weighted by molar-refractivity contribution is 7.40. The van der Waals surface area contributed by atoms with Crippen LogP contribution in [0, 0.1) is 17.2 Å². The van der Waals surface area contributed by atoms with Gasteiger partial charge in [-0.05, 0) is 103 Å². The summed E-state index contributed by atoms with van der Waals surface area (Å²) in [5.41, 5.74) is 6.47. The zero-order valence-electron chi connectivity index (χ0n) is 34.3. The maximum absolute atomic E-state index is 11.5. The molecular weight excluding hydrogens is 833 g/mol. The molecule has 1 aliphatic carbocycles. The predicted molar refractivity (Wildman–Crippen MR) is 263 cm³/mol. The van der Waals surface area contributed by atoms with E-state index in [1.54, 1.807) is 22.7 Å². The van der Waals surface area contributed by atoms with Gasteiger partial charge in [0.1, 0.15) is 11.6 Å². The fraction of sp³-hybridized carbons (Fsp3) is 0.294. The fourth-order valence-corrected chi connectivity index (χ4v) is 15.2. The van der Waals surface area contributed by atoms with E-state index in [0.717, 1.165) is 28.8 Å².